The van der Waals surface area contributed by atoms with Crippen LogP contribution < -0.4 is 0 Å². The minimum absolute atomic E-state index is 1.08. The molecule has 0 nitrogen and oxygen atoms in total. The van der Waals surface area contributed by atoms with E-state index in [1.165, 1.54) is 32.3 Å². The van der Waals surface area contributed by atoms with Gasteiger partial charge in [0, 0.05) is 15.6 Å². The number of hydrogen-bond donors (Lipinski definition) is 0. The van der Waals surface area contributed by atoms with E-state index in [9.17, 15) is 0 Å². The summed E-state index contributed by atoms with van der Waals surface area (Å²) in [5.41, 5.74) is 5.79. The number of thiophene rings is 1. The summed E-state index contributed by atoms with van der Waals surface area (Å²) < 4.78 is 1.42. The Morgan fingerprint density at radius 1 is 0.812 bits per heavy atom. The average molecular weight is 222 g/mol. The van der Waals surface area contributed by atoms with Crippen LogP contribution in [0, 0.1) is 0 Å². The molecule has 76 valence electrons. The van der Waals surface area contributed by atoms with Gasteiger partial charge in [0.15, 0.2) is 0 Å². The Morgan fingerprint density at radius 2 is 1.69 bits per heavy atom. The normalized spacial score (nSPS) is 12.8. The van der Waals surface area contributed by atoms with Crippen molar-refractivity contribution >= 4 is 21.4 Å². The molecule has 0 bridgehead atoms. The summed E-state index contributed by atoms with van der Waals surface area (Å²) in [7, 11) is 0. The van der Waals surface area contributed by atoms with E-state index >= 15 is 0 Å². The summed E-state index contributed by atoms with van der Waals surface area (Å²) in [6.07, 6.45) is 1.08. The van der Waals surface area contributed by atoms with Gasteiger partial charge in [-0.25, -0.2) is 0 Å². The van der Waals surface area contributed by atoms with Crippen molar-refractivity contribution in [3.05, 3.63) is 59.0 Å². The molecule has 0 amide bonds. The van der Waals surface area contributed by atoms with Gasteiger partial charge in [0.2, 0.25) is 0 Å². The SMILES string of the molecule is c1ccc2c(c1)Cc1cccc3scc-2c13. The molecule has 2 aromatic carbocycles. The van der Waals surface area contributed by atoms with Crippen molar-refractivity contribution in [1.82, 2.24) is 0 Å². The molecule has 0 fully saturated rings. The van der Waals surface area contributed by atoms with E-state index in [0.29, 0.717) is 0 Å². The first-order valence-corrected chi connectivity index (χ1v) is 6.39. The van der Waals surface area contributed by atoms with E-state index in [4.69, 9.17) is 0 Å². The fourth-order valence-corrected chi connectivity index (χ4v) is 3.66. The zero-order valence-electron chi connectivity index (χ0n) is 8.73. The zero-order valence-corrected chi connectivity index (χ0v) is 9.55. The number of hydrogen-bond acceptors (Lipinski definition) is 1. The summed E-state index contributed by atoms with van der Waals surface area (Å²) >= 11 is 1.86. The lowest BCUT2D eigenvalue weighted by molar-refractivity contribution is 1.20. The van der Waals surface area contributed by atoms with E-state index < -0.39 is 0 Å². The van der Waals surface area contributed by atoms with Gasteiger partial charge in [-0.2, -0.15) is 0 Å². The Kier molecular flexibility index (Phi) is 1.58. The summed E-state index contributed by atoms with van der Waals surface area (Å²) in [5.74, 6) is 0. The smallest absolute Gasteiger partial charge is 0.0352 e. The standard InChI is InChI=1S/C15H10S/c1-2-6-12-10(4-1)8-11-5-3-7-14-15(11)13(12)9-16-14/h1-7,9H,8H2. The Bertz CT molecular complexity index is 691. The first-order chi connectivity index (χ1) is 7.93. The fraction of sp³-hybridized carbons (Fsp3) is 0.0667. The molecule has 0 N–H and O–H groups in total. The van der Waals surface area contributed by atoms with Gasteiger partial charge in [-0.05, 0) is 34.6 Å². The Morgan fingerprint density at radius 3 is 2.69 bits per heavy atom. The van der Waals surface area contributed by atoms with Gasteiger partial charge in [-0.15, -0.1) is 11.3 Å². The highest BCUT2D eigenvalue weighted by molar-refractivity contribution is 7.17. The molecule has 0 saturated carbocycles. The van der Waals surface area contributed by atoms with Crippen LogP contribution in [0.2, 0.25) is 0 Å². The Labute approximate surface area is 98.2 Å². The van der Waals surface area contributed by atoms with Gasteiger partial charge in [0.25, 0.3) is 0 Å². The molecular formula is C15H10S. The predicted octanol–water partition coefficient (Wildman–Crippen LogP) is 4.47. The topological polar surface area (TPSA) is 0 Å². The summed E-state index contributed by atoms with van der Waals surface area (Å²) in [5, 5.41) is 3.78. The molecular weight excluding hydrogens is 212 g/mol. The zero-order chi connectivity index (χ0) is 10.5. The predicted molar refractivity (Wildman–Crippen MR) is 70.1 cm³/mol. The molecule has 1 aromatic heterocycles. The number of rotatable bonds is 0. The maximum absolute atomic E-state index is 2.30. The van der Waals surface area contributed by atoms with Crippen molar-refractivity contribution in [2.45, 2.75) is 6.42 Å². The van der Waals surface area contributed by atoms with Crippen LogP contribution in [0.5, 0.6) is 0 Å². The van der Waals surface area contributed by atoms with Crippen LogP contribution in [0.4, 0.5) is 0 Å². The monoisotopic (exact) mass is 222 g/mol. The van der Waals surface area contributed by atoms with Gasteiger partial charge in [0.1, 0.15) is 0 Å². The summed E-state index contributed by atoms with van der Waals surface area (Å²) in [4.78, 5) is 0. The third kappa shape index (κ3) is 0.987. The molecule has 0 spiro atoms. The third-order valence-electron chi connectivity index (χ3n) is 3.37. The second kappa shape index (κ2) is 2.96. The van der Waals surface area contributed by atoms with Crippen molar-refractivity contribution in [2.24, 2.45) is 0 Å². The second-order valence-corrected chi connectivity index (χ2v) is 5.18. The molecule has 1 heteroatoms. The van der Waals surface area contributed by atoms with E-state index in [2.05, 4.69) is 47.8 Å². The minimum Gasteiger partial charge on any atom is -0.143 e. The molecule has 3 aromatic rings. The van der Waals surface area contributed by atoms with Gasteiger partial charge in [-0.1, -0.05) is 36.4 Å². The van der Waals surface area contributed by atoms with Gasteiger partial charge in [0.05, 0.1) is 0 Å². The van der Waals surface area contributed by atoms with Crippen LogP contribution >= 0.6 is 11.3 Å². The van der Waals surface area contributed by atoms with Gasteiger partial charge < -0.3 is 0 Å². The van der Waals surface area contributed by atoms with Crippen molar-refractivity contribution in [3.63, 3.8) is 0 Å². The maximum atomic E-state index is 2.30. The quantitative estimate of drug-likeness (QED) is 0.411. The summed E-state index contributed by atoms with van der Waals surface area (Å²) in [6.45, 7) is 0. The van der Waals surface area contributed by atoms with Gasteiger partial charge >= 0.3 is 0 Å². The van der Waals surface area contributed by atoms with Crippen molar-refractivity contribution in [3.8, 4) is 11.1 Å². The minimum atomic E-state index is 1.08. The maximum Gasteiger partial charge on any atom is 0.0352 e. The number of benzene rings is 2. The van der Waals surface area contributed by atoms with E-state index in [-0.39, 0.29) is 0 Å². The van der Waals surface area contributed by atoms with E-state index in [0.717, 1.165) is 6.42 Å². The average Bonchev–Trinajstić information content (AvgIpc) is 2.76. The molecule has 1 aliphatic rings. The van der Waals surface area contributed by atoms with Gasteiger partial charge in [-0.3, -0.25) is 0 Å². The largest absolute Gasteiger partial charge is 0.143 e. The molecule has 16 heavy (non-hydrogen) atoms. The first-order valence-electron chi connectivity index (χ1n) is 5.51. The molecule has 0 unspecified atom stereocenters. The van der Waals surface area contributed by atoms with Crippen LogP contribution in [0.1, 0.15) is 11.1 Å². The summed E-state index contributed by atoms with van der Waals surface area (Å²) in [6, 6.07) is 15.4. The Balaban J connectivity index is 2.21. The lowest BCUT2D eigenvalue weighted by Crippen LogP contribution is -1.97. The third-order valence-corrected chi connectivity index (χ3v) is 4.32. The Hall–Kier alpha value is -1.60. The number of fused-ring (bicyclic) bond motifs is 2. The van der Waals surface area contributed by atoms with Crippen molar-refractivity contribution < 1.29 is 0 Å². The van der Waals surface area contributed by atoms with Crippen LogP contribution in [0.3, 0.4) is 0 Å². The molecule has 1 heterocycles. The molecule has 1 aliphatic carbocycles. The van der Waals surface area contributed by atoms with Crippen LogP contribution in [-0.2, 0) is 6.42 Å². The lowest BCUT2D eigenvalue weighted by Gasteiger charge is -2.16. The lowest BCUT2D eigenvalue weighted by atomic mass is 9.87. The highest BCUT2D eigenvalue weighted by Gasteiger charge is 2.18. The van der Waals surface area contributed by atoms with E-state index in [1.807, 2.05) is 11.3 Å². The van der Waals surface area contributed by atoms with Crippen LogP contribution in [0.25, 0.3) is 21.2 Å². The van der Waals surface area contributed by atoms with E-state index in [1.54, 1.807) is 0 Å². The highest BCUT2D eigenvalue weighted by atomic mass is 32.1. The van der Waals surface area contributed by atoms with Crippen LogP contribution in [0.15, 0.2) is 47.8 Å². The molecule has 0 radical (unpaired) electrons. The van der Waals surface area contributed by atoms with Crippen molar-refractivity contribution in [1.29, 1.82) is 0 Å². The molecule has 4 rings (SSSR count). The molecule has 0 aliphatic heterocycles. The second-order valence-electron chi connectivity index (χ2n) is 4.27. The highest BCUT2D eigenvalue weighted by Crippen LogP contribution is 2.42. The molecule has 0 atom stereocenters. The van der Waals surface area contributed by atoms with Crippen molar-refractivity contribution in [2.75, 3.05) is 0 Å². The first kappa shape index (κ1) is 8.54. The fourth-order valence-electron chi connectivity index (χ4n) is 2.65. The molecule has 0 saturated heterocycles. The van der Waals surface area contributed by atoms with Crippen LogP contribution in [-0.4, -0.2) is 0 Å².